The first kappa shape index (κ1) is 16.6. The number of rotatable bonds is 4. The van der Waals surface area contributed by atoms with Crippen molar-refractivity contribution in [2.75, 3.05) is 6.61 Å². The van der Waals surface area contributed by atoms with E-state index in [0.29, 0.717) is 29.5 Å². The van der Waals surface area contributed by atoms with Crippen molar-refractivity contribution in [2.24, 2.45) is 0 Å². The molecule has 3 rings (SSSR count). The summed E-state index contributed by atoms with van der Waals surface area (Å²) in [6, 6.07) is 9.85. The maximum Gasteiger partial charge on any atom is 0.342 e. The Balaban J connectivity index is 2.10. The lowest BCUT2D eigenvalue weighted by Crippen LogP contribution is -2.16. The van der Waals surface area contributed by atoms with E-state index >= 15 is 0 Å². The van der Waals surface area contributed by atoms with Gasteiger partial charge >= 0.3 is 5.97 Å². The van der Waals surface area contributed by atoms with E-state index in [-0.39, 0.29) is 5.97 Å². The third-order valence-electron chi connectivity index (χ3n) is 4.60. The number of ether oxygens (including phenoxy) is 1. The molecule has 0 atom stereocenters. The van der Waals surface area contributed by atoms with E-state index in [1.165, 1.54) is 19.3 Å². The van der Waals surface area contributed by atoms with Crippen molar-refractivity contribution in [3.8, 4) is 11.3 Å². The van der Waals surface area contributed by atoms with Crippen molar-refractivity contribution in [1.82, 2.24) is 9.97 Å². The summed E-state index contributed by atoms with van der Waals surface area (Å²) >= 11 is 0. The van der Waals surface area contributed by atoms with Crippen LogP contribution in [0.2, 0.25) is 0 Å². The van der Waals surface area contributed by atoms with Gasteiger partial charge in [0, 0.05) is 11.5 Å². The van der Waals surface area contributed by atoms with Gasteiger partial charge in [-0.05, 0) is 26.7 Å². The molecule has 0 unspecified atom stereocenters. The van der Waals surface area contributed by atoms with Crippen LogP contribution in [0.1, 0.15) is 66.8 Å². The molecule has 4 heteroatoms. The van der Waals surface area contributed by atoms with Gasteiger partial charge in [0.2, 0.25) is 0 Å². The summed E-state index contributed by atoms with van der Waals surface area (Å²) < 4.78 is 5.24. The quantitative estimate of drug-likeness (QED) is 0.766. The average Bonchev–Trinajstić information content (AvgIpc) is 2.62. The molecular weight excluding hydrogens is 300 g/mol. The van der Waals surface area contributed by atoms with Crippen molar-refractivity contribution in [1.29, 1.82) is 0 Å². The van der Waals surface area contributed by atoms with Gasteiger partial charge in [0.15, 0.2) is 0 Å². The molecule has 4 nitrogen and oxygen atoms in total. The molecule has 1 aromatic heterocycles. The van der Waals surface area contributed by atoms with Crippen LogP contribution in [-0.2, 0) is 4.74 Å². The summed E-state index contributed by atoms with van der Waals surface area (Å²) in [7, 11) is 0. The number of benzene rings is 1. The van der Waals surface area contributed by atoms with Gasteiger partial charge in [-0.25, -0.2) is 14.8 Å². The molecular formula is C20H24N2O2. The predicted octanol–water partition coefficient (Wildman–Crippen LogP) is 4.68. The molecule has 1 heterocycles. The first-order valence-corrected chi connectivity index (χ1v) is 8.81. The fourth-order valence-electron chi connectivity index (χ4n) is 3.39. The summed E-state index contributed by atoms with van der Waals surface area (Å²) in [6.45, 7) is 4.04. The zero-order valence-electron chi connectivity index (χ0n) is 14.4. The Hall–Kier alpha value is -2.23. The van der Waals surface area contributed by atoms with E-state index in [2.05, 4.69) is 4.98 Å². The Morgan fingerprint density at radius 1 is 1.12 bits per heavy atom. The van der Waals surface area contributed by atoms with E-state index in [4.69, 9.17) is 9.72 Å². The molecule has 0 amide bonds. The minimum Gasteiger partial charge on any atom is -0.462 e. The fourth-order valence-corrected chi connectivity index (χ4v) is 3.39. The molecule has 1 fully saturated rings. The number of hydrogen-bond donors (Lipinski definition) is 0. The van der Waals surface area contributed by atoms with Crippen LogP contribution in [0, 0.1) is 6.92 Å². The molecule has 0 N–H and O–H groups in total. The van der Waals surface area contributed by atoms with E-state index in [0.717, 1.165) is 24.2 Å². The number of esters is 1. The Kier molecular flexibility index (Phi) is 5.24. The van der Waals surface area contributed by atoms with Crippen molar-refractivity contribution in [3.63, 3.8) is 0 Å². The number of aromatic nitrogens is 2. The largest absolute Gasteiger partial charge is 0.462 e. The van der Waals surface area contributed by atoms with Gasteiger partial charge in [0.05, 0.1) is 18.0 Å². The SMILES string of the molecule is CCOC(=O)c1c(C)nc(C2CCCCC2)nc1-c1ccccc1. The Labute approximate surface area is 143 Å². The monoisotopic (exact) mass is 324 g/mol. The van der Waals surface area contributed by atoms with Crippen LogP contribution in [0.5, 0.6) is 0 Å². The molecule has 2 aromatic rings. The molecule has 0 aliphatic heterocycles. The summed E-state index contributed by atoms with van der Waals surface area (Å²) in [5.41, 5.74) is 2.83. The molecule has 1 aliphatic rings. The van der Waals surface area contributed by atoms with Gasteiger partial charge < -0.3 is 4.74 Å². The first-order valence-electron chi connectivity index (χ1n) is 8.81. The number of carbonyl (C=O) groups excluding carboxylic acids is 1. The number of hydrogen-bond acceptors (Lipinski definition) is 4. The average molecular weight is 324 g/mol. The second-order valence-electron chi connectivity index (χ2n) is 6.31. The van der Waals surface area contributed by atoms with E-state index in [1.54, 1.807) is 0 Å². The van der Waals surface area contributed by atoms with Crippen LogP contribution in [0.15, 0.2) is 30.3 Å². The van der Waals surface area contributed by atoms with Gasteiger partial charge in [-0.3, -0.25) is 0 Å². The highest BCUT2D eigenvalue weighted by atomic mass is 16.5. The lowest BCUT2D eigenvalue weighted by molar-refractivity contribution is 0.0525. The van der Waals surface area contributed by atoms with E-state index < -0.39 is 0 Å². The number of nitrogens with zero attached hydrogens (tertiary/aromatic N) is 2. The van der Waals surface area contributed by atoms with Crippen LogP contribution in [-0.4, -0.2) is 22.5 Å². The lowest BCUT2D eigenvalue weighted by atomic mass is 9.88. The topological polar surface area (TPSA) is 52.1 Å². The normalized spacial score (nSPS) is 15.2. The van der Waals surface area contributed by atoms with Gasteiger partial charge in [0.25, 0.3) is 0 Å². The minimum absolute atomic E-state index is 0.343. The molecule has 126 valence electrons. The molecule has 0 spiro atoms. The Bertz CT molecular complexity index is 707. The van der Waals surface area contributed by atoms with Gasteiger partial charge in [-0.2, -0.15) is 0 Å². The summed E-state index contributed by atoms with van der Waals surface area (Å²) in [5, 5.41) is 0. The van der Waals surface area contributed by atoms with Crippen LogP contribution in [0.25, 0.3) is 11.3 Å². The molecule has 24 heavy (non-hydrogen) atoms. The van der Waals surface area contributed by atoms with Crippen molar-refractivity contribution in [2.45, 2.75) is 51.9 Å². The predicted molar refractivity (Wildman–Crippen MR) is 94.0 cm³/mol. The second kappa shape index (κ2) is 7.56. The Morgan fingerprint density at radius 3 is 2.50 bits per heavy atom. The number of carbonyl (C=O) groups is 1. The highest BCUT2D eigenvalue weighted by Gasteiger charge is 2.25. The van der Waals surface area contributed by atoms with Crippen LogP contribution >= 0.6 is 0 Å². The second-order valence-corrected chi connectivity index (χ2v) is 6.31. The van der Waals surface area contributed by atoms with E-state index in [9.17, 15) is 4.79 Å². The highest BCUT2D eigenvalue weighted by Crippen LogP contribution is 2.33. The summed E-state index contributed by atoms with van der Waals surface area (Å²) in [5.74, 6) is 0.930. The maximum atomic E-state index is 12.4. The van der Waals surface area contributed by atoms with E-state index in [1.807, 2.05) is 44.2 Å². The fraction of sp³-hybridized carbons (Fsp3) is 0.450. The maximum absolute atomic E-state index is 12.4. The zero-order valence-corrected chi connectivity index (χ0v) is 14.4. The lowest BCUT2D eigenvalue weighted by Gasteiger charge is -2.22. The van der Waals surface area contributed by atoms with Crippen molar-refractivity contribution < 1.29 is 9.53 Å². The third-order valence-corrected chi connectivity index (χ3v) is 4.60. The van der Waals surface area contributed by atoms with Crippen molar-refractivity contribution in [3.05, 3.63) is 47.4 Å². The smallest absolute Gasteiger partial charge is 0.342 e. The van der Waals surface area contributed by atoms with Crippen LogP contribution < -0.4 is 0 Å². The molecule has 1 saturated carbocycles. The third kappa shape index (κ3) is 3.48. The highest BCUT2D eigenvalue weighted by molar-refractivity contribution is 5.97. The standard InChI is InChI=1S/C20H24N2O2/c1-3-24-20(23)17-14(2)21-19(16-12-8-5-9-13-16)22-18(17)15-10-6-4-7-11-15/h4,6-7,10-11,16H,3,5,8-9,12-13H2,1-2H3. The molecule has 0 bridgehead atoms. The van der Waals surface area contributed by atoms with Crippen LogP contribution in [0.4, 0.5) is 0 Å². The van der Waals surface area contributed by atoms with Crippen molar-refractivity contribution >= 4 is 5.97 Å². The summed E-state index contributed by atoms with van der Waals surface area (Å²) in [6.07, 6.45) is 6.02. The molecule has 1 aliphatic carbocycles. The van der Waals surface area contributed by atoms with Gasteiger partial charge in [-0.1, -0.05) is 49.6 Å². The zero-order chi connectivity index (χ0) is 16.9. The Morgan fingerprint density at radius 2 is 1.83 bits per heavy atom. The summed E-state index contributed by atoms with van der Waals surface area (Å²) in [4.78, 5) is 21.9. The molecule has 0 saturated heterocycles. The molecule has 0 radical (unpaired) electrons. The number of aryl methyl sites for hydroxylation is 1. The van der Waals surface area contributed by atoms with Crippen LogP contribution in [0.3, 0.4) is 0 Å². The first-order chi connectivity index (χ1) is 11.7. The van der Waals surface area contributed by atoms with Gasteiger partial charge in [0.1, 0.15) is 11.4 Å². The van der Waals surface area contributed by atoms with Gasteiger partial charge in [-0.15, -0.1) is 0 Å². The minimum atomic E-state index is -0.343. The molecule has 1 aromatic carbocycles.